The van der Waals surface area contributed by atoms with E-state index in [2.05, 4.69) is 15.5 Å². The second kappa shape index (κ2) is 7.17. The Bertz CT molecular complexity index is 865. The van der Waals surface area contributed by atoms with Crippen LogP contribution >= 0.6 is 11.8 Å². The van der Waals surface area contributed by atoms with E-state index >= 15 is 0 Å². The Morgan fingerprint density at radius 1 is 1.32 bits per heavy atom. The Morgan fingerprint density at radius 3 is 2.68 bits per heavy atom. The number of aromatic nitrogens is 3. The van der Waals surface area contributed by atoms with Gasteiger partial charge >= 0.3 is 0 Å². The Labute approximate surface area is 151 Å². The molecule has 0 radical (unpaired) electrons. The van der Waals surface area contributed by atoms with Gasteiger partial charge in [0.1, 0.15) is 0 Å². The molecule has 1 aliphatic heterocycles. The van der Waals surface area contributed by atoms with Crippen LogP contribution < -0.4 is 5.32 Å². The fourth-order valence-electron chi connectivity index (χ4n) is 2.70. The third kappa shape index (κ3) is 4.21. The molecule has 1 aliphatic rings. The van der Waals surface area contributed by atoms with Gasteiger partial charge in [-0.25, -0.2) is 8.42 Å². The van der Waals surface area contributed by atoms with Gasteiger partial charge in [-0.05, 0) is 13.3 Å². The van der Waals surface area contributed by atoms with E-state index in [1.165, 1.54) is 11.8 Å². The summed E-state index contributed by atoms with van der Waals surface area (Å²) in [6.07, 6.45) is 0.480. The Balaban J connectivity index is 1.64. The molecule has 0 spiro atoms. The lowest BCUT2D eigenvalue weighted by Gasteiger charge is -2.15. The van der Waals surface area contributed by atoms with Gasteiger partial charge in [-0.2, -0.15) is 0 Å². The minimum Gasteiger partial charge on any atom is -0.351 e. The molecule has 1 amide bonds. The fourth-order valence-corrected chi connectivity index (χ4v) is 5.19. The first-order valence-corrected chi connectivity index (χ1v) is 10.7. The number of thioether (sulfide) groups is 1. The van der Waals surface area contributed by atoms with Crippen LogP contribution in [0.4, 0.5) is 0 Å². The molecule has 134 valence electrons. The van der Waals surface area contributed by atoms with Gasteiger partial charge in [-0.3, -0.25) is 4.79 Å². The zero-order chi connectivity index (χ0) is 18.0. The van der Waals surface area contributed by atoms with Crippen molar-refractivity contribution in [2.45, 2.75) is 29.8 Å². The molecular weight excluding hydrogens is 360 g/mol. The van der Waals surface area contributed by atoms with Crippen LogP contribution in [0.15, 0.2) is 35.5 Å². The van der Waals surface area contributed by atoms with Crippen molar-refractivity contribution in [3.05, 3.63) is 30.3 Å². The molecule has 0 unspecified atom stereocenters. The first-order valence-electron chi connectivity index (χ1n) is 7.98. The summed E-state index contributed by atoms with van der Waals surface area (Å²) in [5, 5.41) is 11.4. The predicted molar refractivity (Wildman–Crippen MR) is 97.0 cm³/mol. The van der Waals surface area contributed by atoms with Crippen molar-refractivity contribution in [2.75, 3.05) is 11.5 Å². The van der Waals surface area contributed by atoms with Gasteiger partial charge in [0, 0.05) is 18.7 Å². The molecule has 2 aromatic rings. The molecule has 2 atom stereocenters. The van der Waals surface area contributed by atoms with E-state index in [4.69, 9.17) is 0 Å². The van der Waals surface area contributed by atoms with Gasteiger partial charge in [0.05, 0.1) is 16.8 Å². The van der Waals surface area contributed by atoms with E-state index in [1.807, 2.05) is 41.9 Å². The number of nitrogens with one attached hydrogen (secondary N) is 1. The topological polar surface area (TPSA) is 93.9 Å². The van der Waals surface area contributed by atoms with Crippen LogP contribution in [0.2, 0.25) is 0 Å². The summed E-state index contributed by atoms with van der Waals surface area (Å²) in [6.45, 7) is 1.78. The molecule has 7 nitrogen and oxygen atoms in total. The van der Waals surface area contributed by atoms with Crippen molar-refractivity contribution >= 4 is 27.5 Å². The van der Waals surface area contributed by atoms with Gasteiger partial charge in [0.2, 0.25) is 5.91 Å². The molecule has 0 saturated carbocycles. The largest absolute Gasteiger partial charge is 0.351 e. The number of sulfone groups is 1. The monoisotopic (exact) mass is 380 g/mol. The maximum absolute atomic E-state index is 12.3. The van der Waals surface area contributed by atoms with Crippen molar-refractivity contribution in [1.82, 2.24) is 20.1 Å². The number of amides is 1. The summed E-state index contributed by atoms with van der Waals surface area (Å²) in [4.78, 5) is 12.3. The van der Waals surface area contributed by atoms with Crippen molar-refractivity contribution in [2.24, 2.45) is 7.05 Å². The number of hydrogen-bond donors (Lipinski definition) is 1. The lowest BCUT2D eigenvalue weighted by Crippen LogP contribution is -2.40. The highest BCUT2D eigenvalue weighted by Crippen LogP contribution is 2.25. The zero-order valence-electron chi connectivity index (χ0n) is 14.0. The molecule has 25 heavy (non-hydrogen) atoms. The van der Waals surface area contributed by atoms with E-state index < -0.39 is 15.1 Å². The standard InChI is InChI=1S/C16H20N4O3S2/c1-11(15(21)17-13-8-9-25(22,23)10-13)24-16-19-18-14(20(16)2)12-6-4-3-5-7-12/h3-7,11,13H,8-10H2,1-2H3,(H,17,21)/t11-,13+/m1/s1. The van der Waals surface area contributed by atoms with Gasteiger partial charge in [-0.1, -0.05) is 42.1 Å². The molecule has 0 aliphatic carbocycles. The van der Waals surface area contributed by atoms with E-state index in [0.717, 1.165) is 11.4 Å². The molecule has 1 fully saturated rings. The van der Waals surface area contributed by atoms with Gasteiger partial charge < -0.3 is 9.88 Å². The highest BCUT2D eigenvalue weighted by Gasteiger charge is 2.30. The van der Waals surface area contributed by atoms with Gasteiger partial charge in [-0.15, -0.1) is 10.2 Å². The van der Waals surface area contributed by atoms with Gasteiger partial charge in [0.25, 0.3) is 0 Å². The van der Waals surface area contributed by atoms with Crippen LogP contribution in [0.5, 0.6) is 0 Å². The van der Waals surface area contributed by atoms with Crippen LogP contribution in [0.1, 0.15) is 13.3 Å². The summed E-state index contributed by atoms with van der Waals surface area (Å²) in [5.41, 5.74) is 0.956. The third-order valence-electron chi connectivity index (χ3n) is 4.10. The van der Waals surface area contributed by atoms with Gasteiger partial charge in [0.15, 0.2) is 20.8 Å². The Hall–Kier alpha value is -1.87. The molecule has 2 heterocycles. The maximum atomic E-state index is 12.3. The summed E-state index contributed by atoms with van der Waals surface area (Å²) in [7, 11) is -1.15. The normalized spacial score (nSPS) is 20.3. The summed E-state index contributed by atoms with van der Waals surface area (Å²) < 4.78 is 24.8. The first-order chi connectivity index (χ1) is 11.9. The average Bonchev–Trinajstić information content (AvgIpc) is 3.11. The summed E-state index contributed by atoms with van der Waals surface area (Å²) in [6, 6.07) is 9.42. The molecule has 3 rings (SSSR count). The van der Waals surface area contributed by atoms with Crippen LogP contribution in [-0.2, 0) is 21.7 Å². The van der Waals surface area contributed by atoms with E-state index in [0.29, 0.717) is 11.6 Å². The number of rotatable bonds is 5. The molecule has 1 saturated heterocycles. The summed E-state index contributed by atoms with van der Waals surface area (Å²) >= 11 is 1.30. The van der Waals surface area contributed by atoms with E-state index in [1.54, 1.807) is 6.92 Å². The quantitative estimate of drug-likeness (QED) is 0.785. The second-order valence-electron chi connectivity index (χ2n) is 6.10. The number of carbonyl (C=O) groups excluding carboxylic acids is 1. The average molecular weight is 380 g/mol. The maximum Gasteiger partial charge on any atom is 0.233 e. The lowest BCUT2D eigenvalue weighted by atomic mass is 10.2. The van der Waals surface area contributed by atoms with Crippen LogP contribution in [0.3, 0.4) is 0 Å². The molecule has 9 heteroatoms. The predicted octanol–water partition coefficient (Wildman–Crippen LogP) is 1.27. The third-order valence-corrected chi connectivity index (χ3v) is 7.00. The van der Waals surface area contributed by atoms with E-state index in [-0.39, 0.29) is 23.5 Å². The minimum atomic E-state index is -3.01. The lowest BCUT2D eigenvalue weighted by molar-refractivity contribution is -0.120. The highest BCUT2D eigenvalue weighted by molar-refractivity contribution is 8.00. The molecule has 1 aromatic heterocycles. The van der Waals surface area contributed by atoms with Crippen molar-refractivity contribution < 1.29 is 13.2 Å². The molecule has 1 N–H and O–H groups in total. The zero-order valence-corrected chi connectivity index (χ0v) is 15.7. The van der Waals surface area contributed by atoms with Crippen molar-refractivity contribution in [3.63, 3.8) is 0 Å². The smallest absolute Gasteiger partial charge is 0.233 e. The highest BCUT2D eigenvalue weighted by atomic mass is 32.2. The van der Waals surface area contributed by atoms with Crippen LogP contribution in [0, 0.1) is 0 Å². The SMILES string of the molecule is C[C@@H](Sc1nnc(-c2ccccc2)n1C)C(=O)N[C@H]1CCS(=O)(=O)C1. The molecule has 1 aromatic carbocycles. The Kier molecular flexibility index (Phi) is 5.14. The van der Waals surface area contributed by atoms with Crippen molar-refractivity contribution in [3.8, 4) is 11.4 Å². The summed E-state index contributed by atoms with van der Waals surface area (Å²) in [5.74, 6) is 0.718. The number of nitrogens with zero attached hydrogens (tertiary/aromatic N) is 3. The minimum absolute atomic E-state index is 0.0260. The fraction of sp³-hybridized carbons (Fsp3) is 0.438. The van der Waals surface area contributed by atoms with Crippen LogP contribution in [-0.4, -0.2) is 51.9 Å². The first kappa shape index (κ1) is 17.9. The Morgan fingerprint density at radius 2 is 2.04 bits per heavy atom. The number of benzene rings is 1. The number of carbonyl (C=O) groups is 1. The van der Waals surface area contributed by atoms with Crippen molar-refractivity contribution in [1.29, 1.82) is 0 Å². The second-order valence-corrected chi connectivity index (χ2v) is 9.64. The number of hydrogen-bond acceptors (Lipinski definition) is 6. The van der Waals surface area contributed by atoms with Crippen LogP contribution in [0.25, 0.3) is 11.4 Å². The molecular formula is C16H20N4O3S2. The molecule has 0 bridgehead atoms. The van der Waals surface area contributed by atoms with E-state index in [9.17, 15) is 13.2 Å².